The third kappa shape index (κ3) is 4.08. The van der Waals surface area contributed by atoms with Crippen molar-refractivity contribution in [2.45, 2.75) is 6.92 Å². The van der Waals surface area contributed by atoms with Gasteiger partial charge in [0.15, 0.2) is 0 Å². The summed E-state index contributed by atoms with van der Waals surface area (Å²) in [6.07, 6.45) is 1.62. The number of anilines is 1. The summed E-state index contributed by atoms with van der Waals surface area (Å²) in [5, 5.41) is 9.54. The van der Waals surface area contributed by atoms with E-state index in [1.165, 1.54) is 0 Å². The summed E-state index contributed by atoms with van der Waals surface area (Å²) < 4.78 is 0. The van der Waals surface area contributed by atoms with Gasteiger partial charge in [-0.15, -0.1) is 11.3 Å². The fraction of sp³-hybridized carbons (Fsp3) is 0.143. The fourth-order valence-corrected chi connectivity index (χ4v) is 2.31. The van der Waals surface area contributed by atoms with Gasteiger partial charge < -0.3 is 5.32 Å². The number of thiophene rings is 1. The van der Waals surface area contributed by atoms with Crippen molar-refractivity contribution in [1.29, 1.82) is 0 Å². The largest absolute Gasteiger partial charge is 0.376 e. The molecule has 1 aromatic heterocycles. The molecule has 0 atom stereocenters. The second-order valence-electron chi connectivity index (χ2n) is 4.07. The Labute approximate surface area is 126 Å². The minimum atomic E-state index is -0.211. The van der Waals surface area contributed by atoms with E-state index in [0.717, 1.165) is 16.1 Å². The van der Waals surface area contributed by atoms with Crippen molar-refractivity contribution in [3.05, 3.63) is 51.2 Å². The summed E-state index contributed by atoms with van der Waals surface area (Å²) >= 11 is 7.56. The van der Waals surface area contributed by atoms with Crippen molar-refractivity contribution in [2.75, 3.05) is 11.9 Å². The number of halogens is 1. The van der Waals surface area contributed by atoms with E-state index in [9.17, 15) is 4.79 Å². The number of benzene rings is 1. The molecule has 1 aromatic carbocycles. The number of nitrogens with one attached hydrogen (secondary N) is 2. The van der Waals surface area contributed by atoms with Crippen molar-refractivity contribution in [1.82, 2.24) is 5.43 Å². The van der Waals surface area contributed by atoms with E-state index < -0.39 is 0 Å². The number of nitrogens with zero attached hydrogens (tertiary/aromatic N) is 1. The first-order valence-corrected chi connectivity index (χ1v) is 7.27. The van der Waals surface area contributed by atoms with Gasteiger partial charge in [-0.05, 0) is 36.1 Å². The molecular formula is C14H14ClN3OS. The number of carbonyl (C=O) groups is 1. The van der Waals surface area contributed by atoms with Crippen LogP contribution in [-0.2, 0) is 4.79 Å². The average Bonchev–Trinajstić information content (AvgIpc) is 2.94. The maximum absolute atomic E-state index is 11.6. The molecular weight excluding hydrogens is 294 g/mol. The summed E-state index contributed by atoms with van der Waals surface area (Å²) in [5.41, 5.74) is 4.23. The molecule has 0 aliphatic heterocycles. The van der Waals surface area contributed by atoms with Crippen LogP contribution in [0, 0.1) is 6.92 Å². The van der Waals surface area contributed by atoms with E-state index >= 15 is 0 Å². The number of carbonyl (C=O) groups excluding carboxylic acids is 1. The van der Waals surface area contributed by atoms with Crippen molar-refractivity contribution >= 4 is 40.7 Å². The molecule has 0 radical (unpaired) electrons. The zero-order valence-corrected chi connectivity index (χ0v) is 12.5. The highest BCUT2D eigenvalue weighted by molar-refractivity contribution is 7.11. The van der Waals surface area contributed by atoms with Crippen molar-refractivity contribution < 1.29 is 4.79 Å². The Bertz CT molecular complexity index is 611. The van der Waals surface area contributed by atoms with Gasteiger partial charge in [-0.2, -0.15) is 5.10 Å². The van der Waals surface area contributed by atoms with Gasteiger partial charge in [-0.1, -0.05) is 23.7 Å². The number of hydrogen-bond acceptors (Lipinski definition) is 4. The molecule has 20 heavy (non-hydrogen) atoms. The lowest BCUT2D eigenvalue weighted by molar-refractivity contribution is -0.119. The van der Waals surface area contributed by atoms with Gasteiger partial charge in [-0.25, -0.2) is 5.43 Å². The zero-order valence-electron chi connectivity index (χ0n) is 10.9. The molecule has 2 rings (SSSR count). The monoisotopic (exact) mass is 307 g/mol. The fourth-order valence-electron chi connectivity index (χ4n) is 1.55. The Balaban J connectivity index is 1.82. The van der Waals surface area contributed by atoms with Crippen LogP contribution in [0.3, 0.4) is 0 Å². The Morgan fingerprint density at radius 3 is 3.00 bits per heavy atom. The molecule has 6 heteroatoms. The normalized spacial score (nSPS) is 10.7. The van der Waals surface area contributed by atoms with Gasteiger partial charge in [0.25, 0.3) is 5.91 Å². The van der Waals surface area contributed by atoms with E-state index in [2.05, 4.69) is 15.8 Å². The molecule has 104 valence electrons. The van der Waals surface area contributed by atoms with Crippen LogP contribution < -0.4 is 10.7 Å². The molecule has 1 heterocycles. The van der Waals surface area contributed by atoms with Crippen molar-refractivity contribution in [3.63, 3.8) is 0 Å². The van der Waals surface area contributed by atoms with Gasteiger partial charge in [-0.3, -0.25) is 4.79 Å². The summed E-state index contributed by atoms with van der Waals surface area (Å²) in [6, 6.07) is 9.38. The maximum Gasteiger partial charge on any atom is 0.259 e. The number of rotatable bonds is 5. The molecule has 1 amide bonds. The lowest BCUT2D eigenvalue weighted by Gasteiger charge is -2.09. The lowest BCUT2D eigenvalue weighted by atomic mass is 10.2. The van der Waals surface area contributed by atoms with E-state index in [4.69, 9.17) is 11.6 Å². The molecule has 0 spiro atoms. The first kappa shape index (κ1) is 14.6. The minimum absolute atomic E-state index is 0.142. The number of hydrazone groups is 1. The molecule has 0 bridgehead atoms. The Morgan fingerprint density at radius 2 is 2.25 bits per heavy atom. The molecule has 2 N–H and O–H groups in total. The molecule has 0 aliphatic rings. The first-order valence-electron chi connectivity index (χ1n) is 6.01. The molecule has 2 aromatic rings. The van der Waals surface area contributed by atoms with Crippen LogP contribution in [0.4, 0.5) is 5.69 Å². The van der Waals surface area contributed by atoms with Gasteiger partial charge >= 0.3 is 0 Å². The van der Waals surface area contributed by atoms with Crippen LogP contribution in [0.5, 0.6) is 0 Å². The van der Waals surface area contributed by atoms with E-state index in [-0.39, 0.29) is 12.5 Å². The predicted molar refractivity (Wildman–Crippen MR) is 84.7 cm³/mol. The Hall–Kier alpha value is -1.85. The Kier molecular flexibility index (Phi) is 5.15. The quantitative estimate of drug-likeness (QED) is 0.658. The van der Waals surface area contributed by atoms with Crippen LogP contribution in [0.25, 0.3) is 0 Å². The van der Waals surface area contributed by atoms with Gasteiger partial charge in [0.05, 0.1) is 12.8 Å². The van der Waals surface area contributed by atoms with Gasteiger partial charge in [0.2, 0.25) is 0 Å². The highest BCUT2D eigenvalue weighted by Gasteiger charge is 2.04. The smallest absolute Gasteiger partial charge is 0.259 e. The number of amides is 1. The van der Waals surface area contributed by atoms with Crippen LogP contribution in [0.15, 0.2) is 40.8 Å². The maximum atomic E-state index is 11.6. The average molecular weight is 308 g/mol. The van der Waals surface area contributed by atoms with Crippen LogP contribution in [-0.4, -0.2) is 18.7 Å². The topological polar surface area (TPSA) is 53.5 Å². The second-order valence-corrected chi connectivity index (χ2v) is 5.46. The summed E-state index contributed by atoms with van der Waals surface area (Å²) in [4.78, 5) is 12.6. The van der Waals surface area contributed by atoms with Crippen LogP contribution >= 0.6 is 22.9 Å². The molecule has 0 aliphatic carbocycles. The first-order chi connectivity index (χ1) is 9.66. The predicted octanol–water partition coefficient (Wildman–Crippen LogP) is 3.27. The second kappa shape index (κ2) is 7.07. The SMILES string of the molecule is Cc1c(Cl)cccc1NCC(=O)N/N=C/c1cccs1. The third-order valence-electron chi connectivity index (χ3n) is 2.63. The Morgan fingerprint density at radius 1 is 1.40 bits per heavy atom. The summed E-state index contributed by atoms with van der Waals surface area (Å²) in [6.45, 7) is 2.04. The molecule has 0 unspecified atom stereocenters. The van der Waals surface area contributed by atoms with Crippen molar-refractivity contribution in [3.8, 4) is 0 Å². The molecule has 4 nitrogen and oxygen atoms in total. The van der Waals surface area contributed by atoms with E-state index in [0.29, 0.717) is 5.02 Å². The van der Waals surface area contributed by atoms with Crippen molar-refractivity contribution in [2.24, 2.45) is 5.10 Å². The highest BCUT2D eigenvalue weighted by Crippen LogP contribution is 2.22. The lowest BCUT2D eigenvalue weighted by Crippen LogP contribution is -2.26. The molecule has 0 saturated carbocycles. The van der Waals surface area contributed by atoms with Gasteiger partial charge in [0, 0.05) is 15.6 Å². The van der Waals surface area contributed by atoms with Gasteiger partial charge in [0.1, 0.15) is 0 Å². The molecule has 0 fully saturated rings. The summed E-state index contributed by atoms with van der Waals surface area (Å²) in [5.74, 6) is -0.211. The van der Waals surface area contributed by atoms with E-state index in [1.807, 2.05) is 42.6 Å². The van der Waals surface area contributed by atoms with Crippen LogP contribution in [0.2, 0.25) is 5.02 Å². The van der Waals surface area contributed by atoms with E-state index in [1.54, 1.807) is 17.6 Å². The zero-order chi connectivity index (χ0) is 14.4. The summed E-state index contributed by atoms with van der Waals surface area (Å²) in [7, 11) is 0. The number of hydrogen-bond donors (Lipinski definition) is 2. The standard InChI is InChI=1S/C14H14ClN3OS/c1-10-12(15)5-2-6-13(10)16-9-14(19)18-17-8-11-4-3-7-20-11/h2-8,16H,9H2,1H3,(H,18,19)/b17-8+. The molecule has 0 saturated heterocycles. The van der Waals surface area contributed by atoms with Crippen LogP contribution in [0.1, 0.15) is 10.4 Å². The highest BCUT2D eigenvalue weighted by atomic mass is 35.5. The minimum Gasteiger partial charge on any atom is -0.376 e. The third-order valence-corrected chi connectivity index (χ3v) is 3.85.